The van der Waals surface area contributed by atoms with Gasteiger partial charge in [0.1, 0.15) is 27.6 Å². The summed E-state index contributed by atoms with van der Waals surface area (Å²) in [5.74, 6) is -0.190. The van der Waals surface area contributed by atoms with Crippen molar-refractivity contribution in [2.24, 2.45) is 0 Å². The molecule has 0 unspecified atom stereocenters. The SMILES string of the molecule is O=C(Nc1cc(Cl)ncn1)c1ccc(Cl)nc1Cl. The highest BCUT2D eigenvalue weighted by Gasteiger charge is 2.12. The summed E-state index contributed by atoms with van der Waals surface area (Å²) < 4.78 is 0. The Kier molecular flexibility index (Phi) is 3.96. The van der Waals surface area contributed by atoms with E-state index in [1.54, 1.807) is 0 Å². The molecule has 2 rings (SSSR count). The maximum absolute atomic E-state index is 11.9. The van der Waals surface area contributed by atoms with Crippen molar-refractivity contribution in [3.8, 4) is 0 Å². The second kappa shape index (κ2) is 5.48. The number of aromatic nitrogens is 3. The lowest BCUT2D eigenvalue weighted by Crippen LogP contribution is -2.14. The summed E-state index contributed by atoms with van der Waals surface area (Å²) in [5, 5.41) is 2.96. The predicted molar refractivity (Wildman–Crippen MR) is 69.3 cm³/mol. The first kappa shape index (κ1) is 13.0. The normalized spacial score (nSPS) is 10.2. The van der Waals surface area contributed by atoms with Gasteiger partial charge in [0.15, 0.2) is 0 Å². The smallest absolute Gasteiger partial charge is 0.259 e. The molecule has 0 aliphatic heterocycles. The molecule has 2 aromatic rings. The van der Waals surface area contributed by atoms with Crippen molar-refractivity contribution in [1.29, 1.82) is 0 Å². The van der Waals surface area contributed by atoms with Crippen molar-refractivity contribution in [3.63, 3.8) is 0 Å². The number of hydrogen-bond donors (Lipinski definition) is 1. The van der Waals surface area contributed by atoms with E-state index in [0.29, 0.717) is 0 Å². The van der Waals surface area contributed by atoms with E-state index in [0.717, 1.165) is 0 Å². The maximum atomic E-state index is 11.9. The van der Waals surface area contributed by atoms with Crippen LogP contribution in [0.15, 0.2) is 24.5 Å². The van der Waals surface area contributed by atoms with E-state index in [1.165, 1.54) is 24.5 Å². The summed E-state index contributed by atoms with van der Waals surface area (Å²) in [5.41, 5.74) is 0.191. The molecule has 0 aliphatic carbocycles. The highest BCUT2D eigenvalue weighted by Crippen LogP contribution is 2.18. The molecule has 5 nitrogen and oxygen atoms in total. The van der Waals surface area contributed by atoms with Gasteiger partial charge in [-0.3, -0.25) is 4.79 Å². The Morgan fingerprint density at radius 1 is 1.11 bits per heavy atom. The topological polar surface area (TPSA) is 67.8 Å². The summed E-state index contributed by atoms with van der Waals surface area (Å²) in [6.45, 7) is 0. The van der Waals surface area contributed by atoms with Gasteiger partial charge in [0.25, 0.3) is 5.91 Å². The number of hydrogen-bond acceptors (Lipinski definition) is 4. The fourth-order valence-corrected chi connectivity index (χ4v) is 1.74. The molecule has 0 aromatic carbocycles. The first-order valence-electron chi connectivity index (χ1n) is 4.67. The number of nitrogens with zero attached hydrogens (tertiary/aromatic N) is 3. The number of pyridine rings is 1. The predicted octanol–water partition coefficient (Wildman–Crippen LogP) is 3.08. The van der Waals surface area contributed by atoms with Crippen LogP contribution in [-0.4, -0.2) is 20.9 Å². The molecule has 2 heterocycles. The molecule has 0 saturated carbocycles. The zero-order chi connectivity index (χ0) is 13.1. The summed E-state index contributed by atoms with van der Waals surface area (Å²) in [6, 6.07) is 4.35. The van der Waals surface area contributed by atoms with Crippen LogP contribution in [0.5, 0.6) is 0 Å². The van der Waals surface area contributed by atoms with Crippen LogP contribution in [0, 0.1) is 0 Å². The fraction of sp³-hybridized carbons (Fsp3) is 0. The van der Waals surface area contributed by atoms with Crippen LogP contribution in [0.3, 0.4) is 0 Å². The minimum atomic E-state index is -0.459. The Balaban J connectivity index is 2.22. The summed E-state index contributed by atoms with van der Waals surface area (Å²) in [4.78, 5) is 23.2. The number of amides is 1. The van der Waals surface area contributed by atoms with Gasteiger partial charge in [-0.15, -0.1) is 0 Å². The van der Waals surface area contributed by atoms with Crippen molar-refractivity contribution in [3.05, 3.63) is 45.5 Å². The number of rotatable bonds is 2. The van der Waals surface area contributed by atoms with Crippen molar-refractivity contribution >= 4 is 46.5 Å². The van der Waals surface area contributed by atoms with Crippen LogP contribution in [0.25, 0.3) is 0 Å². The molecule has 1 N–H and O–H groups in total. The van der Waals surface area contributed by atoms with Crippen LogP contribution < -0.4 is 5.32 Å². The lowest BCUT2D eigenvalue weighted by Gasteiger charge is -2.05. The molecule has 8 heteroatoms. The molecule has 0 aliphatic rings. The number of carbonyl (C=O) groups excluding carboxylic acids is 1. The van der Waals surface area contributed by atoms with Gasteiger partial charge in [-0.25, -0.2) is 15.0 Å². The van der Waals surface area contributed by atoms with Crippen LogP contribution in [0.2, 0.25) is 15.5 Å². The van der Waals surface area contributed by atoms with E-state index < -0.39 is 5.91 Å². The molecule has 18 heavy (non-hydrogen) atoms. The molecule has 0 radical (unpaired) electrons. The minimum absolute atomic E-state index is 0.0140. The van der Waals surface area contributed by atoms with Crippen LogP contribution in [0.4, 0.5) is 5.82 Å². The Morgan fingerprint density at radius 2 is 1.89 bits per heavy atom. The fourth-order valence-electron chi connectivity index (χ4n) is 1.17. The molecule has 0 saturated heterocycles. The van der Waals surface area contributed by atoms with Gasteiger partial charge in [0, 0.05) is 6.07 Å². The van der Waals surface area contributed by atoms with Gasteiger partial charge in [-0.05, 0) is 12.1 Å². The van der Waals surface area contributed by atoms with Crippen LogP contribution in [0.1, 0.15) is 10.4 Å². The molecule has 0 fully saturated rings. The number of carbonyl (C=O) groups is 1. The van der Waals surface area contributed by atoms with Crippen molar-refractivity contribution < 1.29 is 4.79 Å². The highest BCUT2D eigenvalue weighted by atomic mass is 35.5. The van der Waals surface area contributed by atoms with Crippen molar-refractivity contribution in [1.82, 2.24) is 15.0 Å². The second-order valence-electron chi connectivity index (χ2n) is 3.15. The van der Waals surface area contributed by atoms with Crippen LogP contribution >= 0.6 is 34.8 Å². The molecular weight excluding hydrogens is 298 g/mol. The zero-order valence-electron chi connectivity index (χ0n) is 8.69. The van der Waals surface area contributed by atoms with E-state index in [9.17, 15) is 4.79 Å². The molecule has 92 valence electrons. The number of nitrogens with one attached hydrogen (secondary N) is 1. The molecule has 0 bridgehead atoms. The highest BCUT2D eigenvalue weighted by molar-refractivity contribution is 6.35. The summed E-state index contributed by atoms with van der Waals surface area (Å²) in [6.07, 6.45) is 1.24. The summed E-state index contributed by atoms with van der Waals surface area (Å²) in [7, 11) is 0. The van der Waals surface area contributed by atoms with E-state index in [1.807, 2.05) is 0 Å². The van der Waals surface area contributed by atoms with Crippen molar-refractivity contribution in [2.45, 2.75) is 0 Å². The van der Waals surface area contributed by atoms with Gasteiger partial charge >= 0.3 is 0 Å². The van der Waals surface area contributed by atoms with Gasteiger partial charge in [0.2, 0.25) is 0 Å². The van der Waals surface area contributed by atoms with Gasteiger partial charge in [-0.2, -0.15) is 0 Å². The third kappa shape index (κ3) is 3.07. The second-order valence-corrected chi connectivity index (χ2v) is 4.28. The van der Waals surface area contributed by atoms with E-state index >= 15 is 0 Å². The van der Waals surface area contributed by atoms with Gasteiger partial charge in [-0.1, -0.05) is 34.8 Å². The summed E-state index contributed by atoms with van der Waals surface area (Å²) >= 11 is 17.1. The third-order valence-corrected chi connectivity index (χ3v) is 2.64. The van der Waals surface area contributed by atoms with Crippen LogP contribution in [-0.2, 0) is 0 Å². The van der Waals surface area contributed by atoms with E-state index in [2.05, 4.69) is 20.3 Å². The molecule has 0 atom stereocenters. The Morgan fingerprint density at radius 3 is 2.56 bits per heavy atom. The quantitative estimate of drug-likeness (QED) is 0.684. The lowest BCUT2D eigenvalue weighted by atomic mass is 10.2. The number of anilines is 1. The molecule has 2 aromatic heterocycles. The Bertz CT molecular complexity index is 605. The lowest BCUT2D eigenvalue weighted by molar-refractivity contribution is 0.102. The molecular formula is C10H5Cl3N4O. The van der Waals surface area contributed by atoms with Crippen molar-refractivity contribution in [2.75, 3.05) is 5.32 Å². The first-order chi connectivity index (χ1) is 8.56. The third-order valence-electron chi connectivity index (χ3n) is 1.93. The zero-order valence-corrected chi connectivity index (χ0v) is 11.0. The Labute approximate surface area is 117 Å². The van der Waals surface area contributed by atoms with Gasteiger partial charge in [0.05, 0.1) is 5.56 Å². The first-order valence-corrected chi connectivity index (χ1v) is 5.80. The Hall–Kier alpha value is -1.43. The molecule has 0 spiro atoms. The van der Waals surface area contributed by atoms with E-state index in [4.69, 9.17) is 34.8 Å². The monoisotopic (exact) mass is 302 g/mol. The minimum Gasteiger partial charge on any atom is -0.306 e. The van der Waals surface area contributed by atoms with E-state index in [-0.39, 0.29) is 26.8 Å². The molecule has 1 amide bonds. The number of halogens is 3. The average Bonchev–Trinajstić information content (AvgIpc) is 2.28. The average molecular weight is 304 g/mol. The van der Waals surface area contributed by atoms with Gasteiger partial charge < -0.3 is 5.32 Å². The standard InChI is InChI=1S/C10H5Cl3N4O/c11-6-2-1-5(9(13)16-6)10(18)17-8-3-7(12)14-4-15-8/h1-4H,(H,14,15,17,18). The maximum Gasteiger partial charge on any atom is 0.259 e. The largest absolute Gasteiger partial charge is 0.306 e.